The fourth-order valence-corrected chi connectivity index (χ4v) is 3.03. The molecule has 2 heterocycles. The van der Waals surface area contributed by atoms with Gasteiger partial charge in [-0.3, -0.25) is 4.90 Å². The highest BCUT2D eigenvalue weighted by molar-refractivity contribution is 5.89. The Morgan fingerprint density at radius 1 is 1.26 bits per heavy atom. The number of ether oxygens (including phenoxy) is 2. The van der Waals surface area contributed by atoms with Crippen LogP contribution in [0.5, 0.6) is 5.75 Å². The van der Waals surface area contributed by atoms with Crippen LogP contribution in [-0.2, 0) is 4.74 Å². The zero-order valence-corrected chi connectivity index (χ0v) is 16.4. The normalized spacial score (nSPS) is 18.2. The number of carbonyl (C=O) groups is 1. The molecule has 0 aliphatic carbocycles. The Hall–Kier alpha value is -2.83. The van der Waals surface area contributed by atoms with E-state index in [4.69, 9.17) is 9.47 Å². The number of benzene rings is 1. The van der Waals surface area contributed by atoms with Crippen LogP contribution in [-0.4, -0.2) is 35.8 Å². The van der Waals surface area contributed by atoms with Crippen molar-refractivity contribution < 1.29 is 14.3 Å². The van der Waals surface area contributed by atoms with Crippen molar-refractivity contribution in [1.82, 2.24) is 9.97 Å². The van der Waals surface area contributed by atoms with E-state index >= 15 is 0 Å². The van der Waals surface area contributed by atoms with Crippen LogP contribution in [0.25, 0.3) is 0 Å². The van der Waals surface area contributed by atoms with E-state index in [1.165, 1.54) is 0 Å². The van der Waals surface area contributed by atoms with Crippen LogP contribution in [0.4, 0.5) is 16.6 Å². The van der Waals surface area contributed by atoms with Crippen molar-refractivity contribution in [2.24, 2.45) is 5.41 Å². The van der Waals surface area contributed by atoms with Crippen LogP contribution < -0.4 is 15.0 Å². The van der Waals surface area contributed by atoms with Gasteiger partial charge in [-0.15, -0.1) is 0 Å². The largest absolute Gasteiger partial charge is 0.497 e. The first-order valence-electron chi connectivity index (χ1n) is 8.99. The smallest absolute Gasteiger partial charge is 0.415 e. The lowest BCUT2D eigenvalue weighted by atomic mass is 9.87. The van der Waals surface area contributed by atoms with E-state index < -0.39 is 0 Å². The lowest BCUT2D eigenvalue weighted by Gasteiger charge is -2.31. The average molecular weight is 370 g/mol. The Bertz CT molecular complexity index is 802. The standard InChI is InChI=1S/C20H26N4O3/c1-13(14-6-8-15(26-5)9-7-14)22-18-21-11-10-17(23-18)24-16(20(2,3)4)12-27-19(24)25/h6-11,13,16H,12H2,1-5H3,(H,21,22,23)/t13-,16+/m0/s1. The van der Waals surface area contributed by atoms with Crippen LogP contribution in [0.2, 0.25) is 0 Å². The lowest BCUT2D eigenvalue weighted by molar-refractivity contribution is 0.172. The summed E-state index contributed by atoms with van der Waals surface area (Å²) >= 11 is 0. The van der Waals surface area contributed by atoms with Crippen molar-refractivity contribution in [3.05, 3.63) is 42.1 Å². The highest BCUT2D eigenvalue weighted by atomic mass is 16.6. The summed E-state index contributed by atoms with van der Waals surface area (Å²) in [6.07, 6.45) is 1.28. The molecule has 3 rings (SSSR count). The molecule has 7 nitrogen and oxygen atoms in total. The van der Waals surface area contributed by atoms with Crippen LogP contribution >= 0.6 is 0 Å². The van der Waals surface area contributed by atoms with Crippen LogP contribution in [0.15, 0.2) is 36.5 Å². The van der Waals surface area contributed by atoms with Crippen LogP contribution in [0.3, 0.4) is 0 Å². The van der Waals surface area contributed by atoms with Gasteiger partial charge in [0.15, 0.2) is 0 Å². The van der Waals surface area contributed by atoms with E-state index in [2.05, 4.69) is 36.1 Å². The summed E-state index contributed by atoms with van der Waals surface area (Å²) in [6.45, 7) is 8.63. The number of hydrogen-bond donors (Lipinski definition) is 1. The highest BCUT2D eigenvalue weighted by Gasteiger charge is 2.42. The molecule has 0 saturated carbocycles. The van der Waals surface area contributed by atoms with Crippen molar-refractivity contribution in [3.63, 3.8) is 0 Å². The van der Waals surface area contributed by atoms with E-state index in [-0.39, 0.29) is 23.6 Å². The van der Waals surface area contributed by atoms with E-state index in [0.29, 0.717) is 18.4 Å². The molecule has 144 valence electrons. The first-order valence-corrected chi connectivity index (χ1v) is 8.99. The Morgan fingerprint density at radius 3 is 2.59 bits per heavy atom. The number of hydrogen-bond acceptors (Lipinski definition) is 6. The van der Waals surface area contributed by atoms with Gasteiger partial charge in [0, 0.05) is 6.20 Å². The second-order valence-corrected chi connectivity index (χ2v) is 7.71. The molecule has 1 aromatic carbocycles. The van der Waals surface area contributed by atoms with E-state index in [0.717, 1.165) is 11.3 Å². The van der Waals surface area contributed by atoms with Gasteiger partial charge in [0.25, 0.3) is 0 Å². The van der Waals surface area contributed by atoms with Crippen molar-refractivity contribution in [1.29, 1.82) is 0 Å². The Morgan fingerprint density at radius 2 is 1.96 bits per heavy atom. The van der Waals surface area contributed by atoms with Crippen LogP contribution in [0, 0.1) is 5.41 Å². The van der Waals surface area contributed by atoms with E-state index in [9.17, 15) is 4.79 Å². The molecule has 7 heteroatoms. The summed E-state index contributed by atoms with van der Waals surface area (Å²) < 4.78 is 10.5. The molecule has 0 radical (unpaired) electrons. The van der Waals surface area contributed by atoms with Crippen LogP contribution in [0.1, 0.15) is 39.3 Å². The van der Waals surface area contributed by atoms with Crippen molar-refractivity contribution in [3.8, 4) is 5.75 Å². The van der Waals surface area contributed by atoms with Crippen molar-refractivity contribution >= 4 is 17.9 Å². The van der Waals surface area contributed by atoms with E-state index in [1.54, 1.807) is 24.3 Å². The summed E-state index contributed by atoms with van der Waals surface area (Å²) in [4.78, 5) is 22.7. The molecule has 1 amide bonds. The molecule has 2 atom stereocenters. The third kappa shape index (κ3) is 4.13. The second kappa shape index (κ2) is 7.42. The van der Waals surface area contributed by atoms with E-state index in [1.807, 2.05) is 31.2 Å². The van der Waals surface area contributed by atoms with Crippen molar-refractivity contribution in [2.45, 2.75) is 39.8 Å². The van der Waals surface area contributed by atoms with Gasteiger partial charge < -0.3 is 14.8 Å². The second-order valence-electron chi connectivity index (χ2n) is 7.71. The number of nitrogens with one attached hydrogen (secondary N) is 1. The fraction of sp³-hybridized carbons (Fsp3) is 0.450. The molecule has 1 N–H and O–H groups in total. The molecule has 27 heavy (non-hydrogen) atoms. The Kier molecular flexibility index (Phi) is 5.21. The fourth-order valence-electron chi connectivity index (χ4n) is 3.03. The van der Waals surface area contributed by atoms with Gasteiger partial charge in [0.2, 0.25) is 5.95 Å². The van der Waals surface area contributed by atoms with Crippen molar-refractivity contribution in [2.75, 3.05) is 23.9 Å². The monoisotopic (exact) mass is 370 g/mol. The molecule has 1 aliphatic heterocycles. The molecule has 2 aromatic rings. The number of rotatable bonds is 5. The van der Waals surface area contributed by atoms with Gasteiger partial charge in [0.1, 0.15) is 18.2 Å². The molecule has 1 fully saturated rings. The lowest BCUT2D eigenvalue weighted by Crippen LogP contribution is -2.43. The average Bonchev–Trinajstić information content (AvgIpc) is 3.04. The Balaban J connectivity index is 1.79. The SMILES string of the molecule is COc1ccc([C@H](C)Nc2nccc(N3C(=O)OC[C@@H]3C(C)(C)C)n2)cc1. The molecular formula is C20H26N4O3. The number of anilines is 2. The summed E-state index contributed by atoms with van der Waals surface area (Å²) in [6, 6.07) is 9.47. The molecular weight excluding hydrogens is 344 g/mol. The quantitative estimate of drug-likeness (QED) is 0.856. The number of nitrogens with zero attached hydrogens (tertiary/aromatic N) is 3. The maximum Gasteiger partial charge on any atom is 0.415 e. The minimum absolute atomic E-state index is 0.00454. The predicted molar refractivity (Wildman–Crippen MR) is 104 cm³/mol. The van der Waals surface area contributed by atoms with Gasteiger partial charge >= 0.3 is 6.09 Å². The minimum Gasteiger partial charge on any atom is -0.497 e. The molecule has 0 bridgehead atoms. The number of methoxy groups -OCH3 is 1. The molecule has 1 aromatic heterocycles. The molecule has 1 saturated heterocycles. The topological polar surface area (TPSA) is 76.6 Å². The van der Waals surface area contributed by atoms with Gasteiger partial charge in [0.05, 0.1) is 19.2 Å². The maximum absolute atomic E-state index is 12.3. The number of aromatic nitrogens is 2. The molecule has 0 spiro atoms. The summed E-state index contributed by atoms with van der Waals surface area (Å²) in [5, 5.41) is 3.29. The van der Waals surface area contributed by atoms with Gasteiger partial charge in [-0.2, -0.15) is 4.98 Å². The zero-order chi connectivity index (χ0) is 19.6. The minimum atomic E-state index is -0.372. The third-order valence-electron chi connectivity index (χ3n) is 4.72. The predicted octanol–water partition coefficient (Wildman–Crippen LogP) is 4.03. The van der Waals surface area contributed by atoms with Gasteiger partial charge in [-0.05, 0) is 36.1 Å². The first-order chi connectivity index (χ1) is 12.8. The van der Waals surface area contributed by atoms with Gasteiger partial charge in [-0.25, -0.2) is 9.78 Å². The first kappa shape index (κ1) is 18.9. The zero-order valence-electron chi connectivity index (χ0n) is 16.4. The molecule has 1 aliphatic rings. The third-order valence-corrected chi connectivity index (χ3v) is 4.72. The highest BCUT2D eigenvalue weighted by Crippen LogP contribution is 2.33. The van der Waals surface area contributed by atoms with Gasteiger partial charge in [-0.1, -0.05) is 32.9 Å². The number of cyclic esters (lactones) is 1. The summed E-state index contributed by atoms with van der Waals surface area (Å²) in [7, 11) is 1.64. The number of carbonyl (C=O) groups excluding carboxylic acids is 1. The molecule has 0 unspecified atom stereocenters. The maximum atomic E-state index is 12.3. The Labute approximate surface area is 159 Å². The number of amides is 1. The summed E-state index contributed by atoms with van der Waals surface area (Å²) in [5.41, 5.74) is 0.958. The summed E-state index contributed by atoms with van der Waals surface area (Å²) in [5.74, 6) is 1.81.